The van der Waals surface area contributed by atoms with Crippen LogP contribution >= 0.6 is 0 Å². The zero-order valence-corrected chi connectivity index (χ0v) is 23.9. The van der Waals surface area contributed by atoms with Crippen LogP contribution in [0.4, 0.5) is 11.4 Å². The molecular formula is C28H24N2O10S2. The molecule has 4 aromatic carbocycles. The van der Waals surface area contributed by atoms with E-state index in [1.165, 1.54) is 24.3 Å². The number of nitro benzene ring substituents is 2. The van der Waals surface area contributed by atoms with Crippen LogP contribution in [0.15, 0.2) is 107 Å². The number of nitro groups is 2. The van der Waals surface area contributed by atoms with Gasteiger partial charge < -0.3 is 8.37 Å². The average Bonchev–Trinajstić information content (AvgIpc) is 2.97. The van der Waals surface area contributed by atoms with Gasteiger partial charge >= 0.3 is 20.2 Å². The van der Waals surface area contributed by atoms with Crippen LogP contribution in [-0.4, -0.2) is 26.7 Å². The van der Waals surface area contributed by atoms with E-state index in [4.69, 9.17) is 8.37 Å². The standard InChI is InChI=1S/C28H24N2O10S2/c1-3-28(2,20-4-12-24(13-5-20)39-41(35,36)26-16-8-22(9-17-26)29(31)32)21-6-14-25(15-7-21)40-42(37,38)27-18-10-23(11-19-27)30(33)34/h4-19H,3H2,1-2H3. The Morgan fingerprint density at radius 2 is 0.905 bits per heavy atom. The second-order valence-corrected chi connectivity index (χ2v) is 12.4. The van der Waals surface area contributed by atoms with E-state index in [1.54, 1.807) is 24.3 Å². The fraction of sp³-hybridized carbons (Fsp3) is 0.143. The predicted molar refractivity (Wildman–Crippen MR) is 151 cm³/mol. The smallest absolute Gasteiger partial charge is 0.339 e. The molecule has 0 bridgehead atoms. The van der Waals surface area contributed by atoms with Crippen molar-refractivity contribution in [3.8, 4) is 11.5 Å². The third-order valence-corrected chi connectivity index (χ3v) is 9.30. The molecule has 0 heterocycles. The Labute approximate surface area is 241 Å². The highest BCUT2D eigenvalue weighted by atomic mass is 32.2. The van der Waals surface area contributed by atoms with E-state index in [9.17, 15) is 37.1 Å². The van der Waals surface area contributed by atoms with Crippen molar-refractivity contribution in [2.45, 2.75) is 35.5 Å². The van der Waals surface area contributed by atoms with Crippen LogP contribution in [-0.2, 0) is 25.7 Å². The minimum atomic E-state index is -4.22. The first-order valence-corrected chi connectivity index (χ1v) is 15.2. The Bertz CT molecular complexity index is 1690. The summed E-state index contributed by atoms with van der Waals surface area (Å²) >= 11 is 0. The zero-order chi connectivity index (χ0) is 30.7. The van der Waals surface area contributed by atoms with Crippen LogP contribution in [0.3, 0.4) is 0 Å². The summed E-state index contributed by atoms with van der Waals surface area (Å²) in [5.41, 5.74) is 0.617. The Kier molecular flexibility index (Phi) is 8.31. The molecule has 12 nitrogen and oxygen atoms in total. The highest BCUT2D eigenvalue weighted by molar-refractivity contribution is 7.87. The van der Waals surface area contributed by atoms with Crippen molar-refractivity contribution in [1.82, 2.24) is 0 Å². The lowest BCUT2D eigenvalue weighted by atomic mass is 9.74. The monoisotopic (exact) mass is 612 g/mol. The van der Waals surface area contributed by atoms with Crippen LogP contribution in [0.25, 0.3) is 0 Å². The number of benzene rings is 4. The van der Waals surface area contributed by atoms with Gasteiger partial charge in [0.2, 0.25) is 0 Å². The summed E-state index contributed by atoms with van der Waals surface area (Å²) in [4.78, 5) is 19.9. The first kappa shape index (κ1) is 30.1. The van der Waals surface area contributed by atoms with E-state index in [0.29, 0.717) is 6.42 Å². The summed E-state index contributed by atoms with van der Waals surface area (Å²) in [5, 5.41) is 21.6. The van der Waals surface area contributed by atoms with Crippen molar-refractivity contribution < 1.29 is 35.0 Å². The lowest BCUT2D eigenvalue weighted by molar-refractivity contribution is -0.385. The maximum absolute atomic E-state index is 12.6. The first-order chi connectivity index (χ1) is 19.7. The highest BCUT2D eigenvalue weighted by Crippen LogP contribution is 2.37. The van der Waals surface area contributed by atoms with Gasteiger partial charge in [0.1, 0.15) is 21.3 Å². The Morgan fingerprint density at radius 1 is 0.595 bits per heavy atom. The van der Waals surface area contributed by atoms with Crippen molar-refractivity contribution >= 4 is 31.6 Å². The van der Waals surface area contributed by atoms with Crippen LogP contribution < -0.4 is 8.37 Å². The molecule has 218 valence electrons. The molecule has 0 amide bonds. The molecule has 0 saturated heterocycles. The van der Waals surface area contributed by atoms with Gasteiger partial charge in [0.25, 0.3) is 11.4 Å². The van der Waals surface area contributed by atoms with Gasteiger partial charge in [-0.1, -0.05) is 38.1 Å². The molecule has 0 spiro atoms. The maximum Gasteiger partial charge on any atom is 0.339 e. The Morgan fingerprint density at radius 3 is 1.17 bits per heavy atom. The summed E-state index contributed by atoms with van der Waals surface area (Å²) in [7, 11) is -8.45. The molecule has 0 atom stereocenters. The quantitative estimate of drug-likeness (QED) is 0.115. The molecule has 0 radical (unpaired) electrons. The van der Waals surface area contributed by atoms with E-state index in [0.717, 1.165) is 59.7 Å². The summed E-state index contributed by atoms with van der Waals surface area (Å²) in [6.07, 6.45) is 0.635. The summed E-state index contributed by atoms with van der Waals surface area (Å²) in [6, 6.07) is 21.6. The molecule has 0 N–H and O–H groups in total. The maximum atomic E-state index is 12.6. The third kappa shape index (κ3) is 6.39. The van der Waals surface area contributed by atoms with E-state index >= 15 is 0 Å². The van der Waals surface area contributed by atoms with E-state index in [-0.39, 0.29) is 32.7 Å². The van der Waals surface area contributed by atoms with Crippen molar-refractivity contribution in [2.24, 2.45) is 0 Å². The number of hydrogen-bond acceptors (Lipinski definition) is 10. The summed E-state index contributed by atoms with van der Waals surface area (Å²) < 4.78 is 60.9. The van der Waals surface area contributed by atoms with E-state index in [1.807, 2.05) is 13.8 Å². The number of nitrogens with zero attached hydrogens (tertiary/aromatic N) is 2. The molecule has 0 aliphatic rings. The third-order valence-electron chi connectivity index (χ3n) is 6.77. The molecular weight excluding hydrogens is 588 g/mol. The van der Waals surface area contributed by atoms with Gasteiger partial charge in [0.15, 0.2) is 0 Å². The van der Waals surface area contributed by atoms with Gasteiger partial charge in [-0.15, -0.1) is 0 Å². The SMILES string of the molecule is CCC(C)(c1ccc(OS(=O)(=O)c2ccc([N+](=O)[O-])cc2)cc1)c1ccc(OS(=O)(=O)c2ccc([N+](=O)[O-])cc2)cc1. The predicted octanol–water partition coefficient (Wildman–Crippen LogP) is 5.75. The van der Waals surface area contributed by atoms with E-state index in [2.05, 4.69) is 0 Å². The fourth-order valence-corrected chi connectivity index (χ4v) is 6.01. The lowest BCUT2D eigenvalue weighted by Crippen LogP contribution is -2.22. The van der Waals surface area contributed by atoms with Gasteiger partial charge in [-0.25, -0.2) is 0 Å². The molecule has 0 aliphatic carbocycles. The highest BCUT2D eigenvalue weighted by Gasteiger charge is 2.28. The van der Waals surface area contributed by atoms with Crippen molar-refractivity contribution in [3.63, 3.8) is 0 Å². The van der Waals surface area contributed by atoms with Crippen molar-refractivity contribution in [3.05, 3.63) is 128 Å². The van der Waals surface area contributed by atoms with Gasteiger partial charge in [0, 0.05) is 29.7 Å². The van der Waals surface area contributed by atoms with Gasteiger partial charge in [-0.05, 0) is 66.1 Å². The molecule has 4 aromatic rings. The second kappa shape index (κ2) is 11.6. The molecule has 0 aliphatic heterocycles. The van der Waals surface area contributed by atoms with E-state index < -0.39 is 35.5 Å². The number of hydrogen-bond donors (Lipinski definition) is 0. The van der Waals surface area contributed by atoms with Crippen LogP contribution in [0.2, 0.25) is 0 Å². The molecule has 42 heavy (non-hydrogen) atoms. The second-order valence-electron chi connectivity index (χ2n) is 9.31. The normalized spacial score (nSPS) is 12.0. The fourth-order valence-electron chi connectivity index (χ4n) is 4.15. The Balaban J connectivity index is 1.50. The van der Waals surface area contributed by atoms with Crippen LogP contribution in [0.5, 0.6) is 11.5 Å². The molecule has 4 rings (SSSR count). The van der Waals surface area contributed by atoms with Crippen molar-refractivity contribution in [1.29, 1.82) is 0 Å². The molecule has 0 fully saturated rings. The number of non-ortho nitro benzene ring substituents is 2. The average molecular weight is 613 g/mol. The van der Waals surface area contributed by atoms with Gasteiger partial charge in [-0.3, -0.25) is 20.2 Å². The number of rotatable bonds is 11. The largest absolute Gasteiger partial charge is 0.379 e. The zero-order valence-electron chi connectivity index (χ0n) is 22.2. The summed E-state index contributed by atoms with van der Waals surface area (Å²) in [5.74, 6) is 0.103. The topological polar surface area (TPSA) is 173 Å². The van der Waals surface area contributed by atoms with Crippen LogP contribution in [0.1, 0.15) is 31.4 Å². The summed E-state index contributed by atoms with van der Waals surface area (Å²) in [6.45, 7) is 3.94. The molecule has 0 saturated carbocycles. The van der Waals surface area contributed by atoms with Crippen LogP contribution in [0, 0.1) is 20.2 Å². The minimum absolute atomic E-state index is 0.0516. The minimum Gasteiger partial charge on any atom is -0.379 e. The van der Waals surface area contributed by atoms with Crippen molar-refractivity contribution in [2.75, 3.05) is 0 Å². The van der Waals surface area contributed by atoms with Gasteiger partial charge in [0.05, 0.1) is 9.85 Å². The molecule has 0 aromatic heterocycles. The molecule has 14 heteroatoms. The Hall–Kier alpha value is -4.82. The lowest BCUT2D eigenvalue weighted by Gasteiger charge is -2.30. The van der Waals surface area contributed by atoms with Gasteiger partial charge in [-0.2, -0.15) is 16.8 Å². The first-order valence-electron chi connectivity index (χ1n) is 12.3. The molecule has 0 unspecified atom stereocenters.